The second kappa shape index (κ2) is 10.1. The van der Waals surface area contributed by atoms with Gasteiger partial charge in [0.1, 0.15) is 18.1 Å². The van der Waals surface area contributed by atoms with E-state index in [1.165, 1.54) is 5.56 Å². The Morgan fingerprint density at radius 3 is 2.18 bits per heavy atom. The van der Waals surface area contributed by atoms with Gasteiger partial charge in [0.05, 0.1) is 6.61 Å². The van der Waals surface area contributed by atoms with E-state index in [1.807, 2.05) is 51.1 Å². The number of hydrogen-bond donors (Lipinski definition) is 1. The van der Waals surface area contributed by atoms with Crippen molar-refractivity contribution in [2.45, 2.75) is 60.5 Å². The molecule has 0 saturated heterocycles. The molecular weight excluding hydrogens is 410 g/mol. The van der Waals surface area contributed by atoms with E-state index in [4.69, 9.17) is 9.47 Å². The zero-order chi connectivity index (χ0) is 24.2. The number of benzene rings is 3. The number of para-hydroxylation sites is 1. The van der Waals surface area contributed by atoms with E-state index in [-0.39, 0.29) is 11.3 Å². The van der Waals surface area contributed by atoms with Gasteiger partial charge in [-0.15, -0.1) is 0 Å². The molecule has 1 amide bonds. The average molecular weight is 446 g/mol. The van der Waals surface area contributed by atoms with Crippen molar-refractivity contribution in [3.05, 3.63) is 88.0 Å². The fraction of sp³-hybridized carbons (Fsp3) is 0.345. The van der Waals surface area contributed by atoms with Crippen LogP contribution in [-0.2, 0) is 12.0 Å². The second-order valence-corrected chi connectivity index (χ2v) is 9.52. The highest BCUT2D eigenvalue weighted by Gasteiger charge is 2.19. The molecule has 0 fully saturated rings. The van der Waals surface area contributed by atoms with Crippen LogP contribution >= 0.6 is 0 Å². The van der Waals surface area contributed by atoms with Crippen LogP contribution in [0.1, 0.15) is 65.9 Å². The number of ether oxygens (including phenoxy) is 2. The molecule has 174 valence electrons. The zero-order valence-corrected chi connectivity index (χ0v) is 20.8. The van der Waals surface area contributed by atoms with Gasteiger partial charge >= 0.3 is 0 Å². The molecule has 0 saturated carbocycles. The van der Waals surface area contributed by atoms with Crippen molar-refractivity contribution in [1.29, 1.82) is 0 Å². The Labute approximate surface area is 197 Å². The highest BCUT2D eigenvalue weighted by molar-refractivity contribution is 6.05. The highest BCUT2D eigenvalue weighted by Crippen LogP contribution is 2.32. The minimum Gasteiger partial charge on any atom is -0.493 e. The Morgan fingerprint density at radius 1 is 0.879 bits per heavy atom. The number of aryl methyl sites for hydroxylation is 3. The number of nitrogens with one attached hydrogen (secondary N) is 1. The Balaban J connectivity index is 1.87. The molecule has 4 heteroatoms. The molecule has 0 aliphatic carbocycles. The fourth-order valence-electron chi connectivity index (χ4n) is 4.06. The van der Waals surface area contributed by atoms with Gasteiger partial charge in [-0.25, -0.2) is 0 Å². The maximum atomic E-state index is 13.1. The minimum absolute atomic E-state index is 0.0369. The summed E-state index contributed by atoms with van der Waals surface area (Å²) < 4.78 is 12.0. The van der Waals surface area contributed by atoms with E-state index < -0.39 is 0 Å². The molecular formula is C29H35NO3. The number of carbonyl (C=O) groups excluding carboxylic acids is 1. The van der Waals surface area contributed by atoms with Gasteiger partial charge in [0.15, 0.2) is 0 Å². The predicted octanol–water partition coefficient (Wildman–Crippen LogP) is 7.14. The summed E-state index contributed by atoms with van der Waals surface area (Å²) in [6.45, 7) is 15.4. The second-order valence-electron chi connectivity index (χ2n) is 9.52. The van der Waals surface area contributed by atoms with E-state index in [9.17, 15) is 4.79 Å². The third kappa shape index (κ3) is 5.95. The van der Waals surface area contributed by atoms with Crippen molar-refractivity contribution < 1.29 is 14.3 Å². The average Bonchev–Trinajstić information content (AvgIpc) is 2.75. The summed E-state index contributed by atoms with van der Waals surface area (Å²) in [5.41, 5.74) is 6.65. The molecule has 0 heterocycles. The van der Waals surface area contributed by atoms with Gasteiger partial charge in [-0.2, -0.15) is 0 Å². The van der Waals surface area contributed by atoms with Crippen LogP contribution in [0.5, 0.6) is 11.5 Å². The number of rotatable bonds is 7. The third-order valence-corrected chi connectivity index (χ3v) is 5.62. The number of anilines is 1. The van der Waals surface area contributed by atoms with Gasteiger partial charge < -0.3 is 14.8 Å². The quantitative estimate of drug-likeness (QED) is 0.420. The van der Waals surface area contributed by atoms with Crippen molar-refractivity contribution in [3.63, 3.8) is 0 Å². The first-order valence-electron chi connectivity index (χ1n) is 11.5. The Morgan fingerprint density at radius 2 is 1.55 bits per heavy atom. The molecule has 3 aromatic carbocycles. The van der Waals surface area contributed by atoms with Crippen molar-refractivity contribution in [2.24, 2.45) is 0 Å². The summed E-state index contributed by atoms with van der Waals surface area (Å²) in [5, 5.41) is 3.08. The van der Waals surface area contributed by atoms with Gasteiger partial charge in [0, 0.05) is 16.8 Å². The number of carbonyl (C=O) groups is 1. The van der Waals surface area contributed by atoms with Crippen molar-refractivity contribution in [1.82, 2.24) is 0 Å². The minimum atomic E-state index is -0.149. The molecule has 0 aromatic heterocycles. The molecule has 0 radical (unpaired) electrons. The molecule has 0 bridgehead atoms. The van der Waals surface area contributed by atoms with Gasteiger partial charge in [0.2, 0.25) is 0 Å². The molecule has 1 N–H and O–H groups in total. The predicted molar refractivity (Wildman–Crippen MR) is 136 cm³/mol. The van der Waals surface area contributed by atoms with Crippen molar-refractivity contribution in [2.75, 3.05) is 11.9 Å². The Hall–Kier alpha value is -3.27. The molecule has 0 aliphatic rings. The summed E-state index contributed by atoms with van der Waals surface area (Å²) in [7, 11) is 0. The lowest BCUT2D eigenvalue weighted by molar-refractivity contribution is 0.102. The SMILES string of the molecule is CCOc1ccc(C(=O)Nc2c(C)cc(C)cc2C)cc1COc1ccccc1C(C)(C)C. The third-order valence-electron chi connectivity index (χ3n) is 5.62. The molecule has 3 rings (SSSR count). The largest absolute Gasteiger partial charge is 0.493 e. The Bertz CT molecular complexity index is 1120. The Kier molecular flexibility index (Phi) is 7.47. The van der Waals surface area contributed by atoms with Gasteiger partial charge in [-0.05, 0) is 74.1 Å². The normalized spacial score (nSPS) is 11.2. The van der Waals surface area contributed by atoms with Crippen molar-refractivity contribution in [3.8, 4) is 11.5 Å². The molecule has 0 unspecified atom stereocenters. The van der Waals surface area contributed by atoms with Crippen LogP contribution in [-0.4, -0.2) is 12.5 Å². The van der Waals surface area contributed by atoms with Crippen molar-refractivity contribution >= 4 is 11.6 Å². The van der Waals surface area contributed by atoms with Crippen LogP contribution in [0.2, 0.25) is 0 Å². The van der Waals surface area contributed by atoms with E-state index >= 15 is 0 Å². The van der Waals surface area contributed by atoms with Crippen LogP contribution in [0.3, 0.4) is 0 Å². The summed E-state index contributed by atoms with van der Waals surface area (Å²) in [6, 6.07) is 17.7. The lowest BCUT2D eigenvalue weighted by Crippen LogP contribution is -2.15. The van der Waals surface area contributed by atoms with Gasteiger partial charge in [0.25, 0.3) is 5.91 Å². The van der Waals surface area contributed by atoms with Crippen LogP contribution in [0, 0.1) is 20.8 Å². The topological polar surface area (TPSA) is 47.6 Å². The zero-order valence-electron chi connectivity index (χ0n) is 20.8. The van der Waals surface area contributed by atoms with E-state index in [0.29, 0.717) is 18.8 Å². The summed E-state index contributed by atoms with van der Waals surface area (Å²) >= 11 is 0. The van der Waals surface area contributed by atoms with E-state index in [2.05, 4.69) is 51.2 Å². The standard InChI is InChI=1S/C29H35NO3/c1-8-32-25-14-13-22(28(31)30-27-20(3)15-19(2)16-21(27)4)17-23(25)18-33-26-12-10-9-11-24(26)29(5,6)7/h9-17H,8,18H2,1-7H3,(H,30,31). The lowest BCUT2D eigenvalue weighted by Gasteiger charge is -2.23. The van der Waals surface area contributed by atoms with Gasteiger partial charge in [-0.3, -0.25) is 4.79 Å². The summed E-state index contributed by atoms with van der Waals surface area (Å²) in [4.78, 5) is 13.1. The van der Waals surface area contributed by atoms with E-state index in [0.717, 1.165) is 39.4 Å². The van der Waals surface area contributed by atoms with Crippen LogP contribution in [0.4, 0.5) is 5.69 Å². The molecule has 0 aliphatic heterocycles. The maximum Gasteiger partial charge on any atom is 0.255 e. The molecule has 3 aromatic rings. The molecule has 0 atom stereocenters. The summed E-state index contributed by atoms with van der Waals surface area (Å²) in [5.74, 6) is 1.42. The first-order chi connectivity index (χ1) is 15.6. The smallest absolute Gasteiger partial charge is 0.255 e. The molecule has 33 heavy (non-hydrogen) atoms. The highest BCUT2D eigenvalue weighted by atomic mass is 16.5. The lowest BCUT2D eigenvalue weighted by atomic mass is 9.86. The monoisotopic (exact) mass is 445 g/mol. The summed E-state index contributed by atoms with van der Waals surface area (Å²) in [6.07, 6.45) is 0. The number of amides is 1. The maximum absolute atomic E-state index is 13.1. The molecule has 0 spiro atoms. The van der Waals surface area contributed by atoms with Crippen LogP contribution in [0.15, 0.2) is 54.6 Å². The first kappa shape index (κ1) is 24.4. The van der Waals surface area contributed by atoms with Crippen LogP contribution in [0.25, 0.3) is 0 Å². The first-order valence-corrected chi connectivity index (χ1v) is 11.5. The van der Waals surface area contributed by atoms with E-state index in [1.54, 1.807) is 6.07 Å². The van der Waals surface area contributed by atoms with Gasteiger partial charge in [-0.1, -0.05) is 56.7 Å². The molecule has 4 nitrogen and oxygen atoms in total. The van der Waals surface area contributed by atoms with Crippen LogP contribution < -0.4 is 14.8 Å². The fourth-order valence-corrected chi connectivity index (χ4v) is 4.06. The number of hydrogen-bond acceptors (Lipinski definition) is 3.